The Morgan fingerprint density at radius 3 is 2.57 bits per heavy atom. The highest BCUT2D eigenvalue weighted by atomic mass is 19.1. The largest absolute Gasteiger partial charge is 0.394 e. The molecule has 0 bridgehead atoms. The summed E-state index contributed by atoms with van der Waals surface area (Å²) in [5, 5.41) is 9.30. The Bertz CT molecular complexity index is 782. The molecule has 1 aliphatic heterocycles. The number of rotatable bonds is 4. The molecule has 6 nitrogen and oxygen atoms in total. The zero-order chi connectivity index (χ0) is 16.6. The third kappa shape index (κ3) is 2.65. The highest BCUT2D eigenvalue weighted by Gasteiger charge is 2.35. The zero-order valence-electron chi connectivity index (χ0n) is 13.0. The number of benzene rings is 1. The molecule has 0 spiro atoms. The molecule has 2 atom stereocenters. The molecule has 1 aliphatic rings. The van der Waals surface area contributed by atoms with Crippen molar-refractivity contribution in [2.75, 3.05) is 13.2 Å². The van der Waals surface area contributed by atoms with E-state index in [4.69, 9.17) is 0 Å². The van der Waals surface area contributed by atoms with Crippen molar-refractivity contribution in [2.24, 2.45) is 0 Å². The van der Waals surface area contributed by atoms with Crippen LogP contribution in [0.1, 0.15) is 13.3 Å². The zero-order valence-corrected chi connectivity index (χ0v) is 13.0. The van der Waals surface area contributed by atoms with Crippen molar-refractivity contribution >= 4 is 16.9 Å². The van der Waals surface area contributed by atoms with E-state index in [1.54, 1.807) is 10.6 Å². The second kappa shape index (κ2) is 6.16. The number of aromatic nitrogens is 2. The topological polar surface area (TPSA) is 67.5 Å². The van der Waals surface area contributed by atoms with Crippen molar-refractivity contribution in [2.45, 2.75) is 38.6 Å². The number of halogens is 1. The normalized spacial score (nSPS) is 21.3. The molecule has 124 valence electrons. The molecule has 0 aliphatic carbocycles. The summed E-state index contributed by atoms with van der Waals surface area (Å²) < 4.78 is 16.5. The number of carbonyl (C=O) groups is 1. The van der Waals surface area contributed by atoms with Crippen LogP contribution in [0.5, 0.6) is 0 Å². The number of hydrogen-bond acceptors (Lipinski definition) is 3. The number of nitrogens with zero attached hydrogens (tertiary/aromatic N) is 3. The van der Waals surface area contributed by atoms with Gasteiger partial charge in [0.15, 0.2) is 0 Å². The van der Waals surface area contributed by atoms with Crippen LogP contribution in [0.2, 0.25) is 0 Å². The summed E-state index contributed by atoms with van der Waals surface area (Å²) in [5.74, 6) is -0.342. The molecule has 0 saturated carbocycles. The van der Waals surface area contributed by atoms with Crippen LogP contribution in [0.25, 0.3) is 11.0 Å². The minimum absolute atomic E-state index is 0.0226. The molecule has 7 heteroatoms. The van der Waals surface area contributed by atoms with Gasteiger partial charge in [-0.2, -0.15) is 0 Å². The van der Waals surface area contributed by atoms with Gasteiger partial charge in [-0.3, -0.25) is 13.9 Å². The second-order valence-electron chi connectivity index (χ2n) is 5.82. The second-order valence-corrected chi connectivity index (χ2v) is 5.82. The molecule has 1 aromatic heterocycles. The van der Waals surface area contributed by atoms with Crippen molar-refractivity contribution in [1.82, 2.24) is 14.0 Å². The van der Waals surface area contributed by atoms with Gasteiger partial charge in [-0.15, -0.1) is 0 Å². The molecule has 0 radical (unpaired) electrons. The first kappa shape index (κ1) is 15.7. The number of fused-ring (bicyclic) bond motifs is 1. The van der Waals surface area contributed by atoms with Gasteiger partial charge in [-0.05, 0) is 19.1 Å². The van der Waals surface area contributed by atoms with Crippen molar-refractivity contribution in [3.05, 3.63) is 34.7 Å². The Kier molecular flexibility index (Phi) is 4.21. The maximum atomic E-state index is 13.5. The van der Waals surface area contributed by atoms with E-state index in [1.807, 2.05) is 25.1 Å². The summed E-state index contributed by atoms with van der Waals surface area (Å²) in [6.45, 7) is 1.95. The van der Waals surface area contributed by atoms with Crippen molar-refractivity contribution in [3.8, 4) is 0 Å². The summed E-state index contributed by atoms with van der Waals surface area (Å²) in [6.07, 6.45) is -0.974. The minimum Gasteiger partial charge on any atom is -0.394 e. The molecule has 1 fully saturated rings. The van der Waals surface area contributed by atoms with E-state index in [0.717, 1.165) is 5.52 Å². The van der Waals surface area contributed by atoms with E-state index in [0.29, 0.717) is 12.1 Å². The van der Waals surface area contributed by atoms with Crippen molar-refractivity contribution in [3.63, 3.8) is 0 Å². The Hall–Kier alpha value is -2.15. The Morgan fingerprint density at radius 1 is 1.30 bits per heavy atom. The van der Waals surface area contributed by atoms with Crippen LogP contribution in [-0.2, 0) is 17.9 Å². The molecule has 1 amide bonds. The number of imidazole rings is 1. The number of carbonyl (C=O) groups excluding carboxylic acids is 1. The van der Waals surface area contributed by atoms with Crippen LogP contribution in [0, 0.1) is 0 Å². The van der Waals surface area contributed by atoms with Gasteiger partial charge in [0.2, 0.25) is 5.91 Å². The van der Waals surface area contributed by atoms with Gasteiger partial charge >= 0.3 is 5.69 Å². The predicted molar refractivity (Wildman–Crippen MR) is 84.0 cm³/mol. The molecule has 1 saturated heterocycles. The highest BCUT2D eigenvalue weighted by Crippen LogP contribution is 2.21. The van der Waals surface area contributed by atoms with Crippen LogP contribution in [0.15, 0.2) is 29.1 Å². The average molecular weight is 321 g/mol. The first-order valence-corrected chi connectivity index (χ1v) is 7.79. The summed E-state index contributed by atoms with van der Waals surface area (Å²) >= 11 is 0. The molecule has 23 heavy (non-hydrogen) atoms. The average Bonchev–Trinajstić information content (AvgIpc) is 3.06. The minimum atomic E-state index is -1.12. The molecule has 2 heterocycles. The lowest BCUT2D eigenvalue weighted by Crippen LogP contribution is -2.41. The molecular weight excluding hydrogens is 301 g/mol. The molecule has 1 aromatic carbocycles. The fourth-order valence-corrected chi connectivity index (χ4v) is 3.29. The standard InChI is InChI=1S/C16H20FN3O3/c1-2-18-13-5-3-4-6-14(13)20(16(18)23)9-15(22)19-8-11(17)7-12(19)10-21/h3-6,11-12,21H,2,7-10H2,1H3/t11-,12-/m0/s1. The van der Waals surface area contributed by atoms with Gasteiger partial charge in [0.05, 0.1) is 30.2 Å². The number of aliphatic hydroxyl groups is 1. The lowest BCUT2D eigenvalue weighted by atomic mass is 10.2. The van der Waals surface area contributed by atoms with Crippen LogP contribution < -0.4 is 5.69 Å². The van der Waals surface area contributed by atoms with Gasteiger partial charge in [0, 0.05) is 13.0 Å². The SMILES string of the molecule is CCn1c(=O)n(CC(=O)N2C[C@@H](F)C[C@H]2CO)c2ccccc21. The van der Waals surface area contributed by atoms with E-state index in [1.165, 1.54) is 9.47 Å². The lowest BCUT2D eigenvalue weighted by Gasteiger charge is -2.22. The maximum Gasteiger partial charge on any atom is 0.329 e. The number of aryl methyl sites for hydroxylation is 1. The number of amides is 1. The van der Waals surface area contributed by atoms with E-state index in [9.17, 15) is 19.1 Å². The van der Waals surface area contributed by atoms with Crippen LogP contribution in [-0.4, -0.2) is 50.4 Å². The van der Waals surface area contributed by atoms with E-state index in [-0.39, 0.29) is 37.7 Å². The maximum absolute atomic E-state index is 13.5. The van der Waals surface area contributed by atoms with Gasteiger partial charge in [-0.1, -0.05) is 12.1 Å². The first-order valence-electron chi connectivity index (χ1n) is 7.79. The molecule has 3 rings (SSSR count). The summed E-state index contributed by atoms with van der Waals surface area (Å²) in [6, 6.07) is 6.78. The van der Waals surface area contributed by atoms with Gasteiger partial charge in [-0.25, -0.2) is 9.18 Å². The molecular formula is C16H20FN3O3. The van der Waals surface area contributed by atoms with Gasteiger partial charge < -0.3 is 10.0 Å². The number of likely N-dealkylation sites (tertiary alicyclic amines) is 1. The van der Waals surface area contributed by atoms with Gasteiger partial charge in [0.25, 0.3) is 0 Å². The Labute approximate surface area is 132 Å². The monoisotopic (exact) mass is 321 g/mol. The Morgan fingerprint density at radius 2 is 1.96 bits per heavy atom. The van der Waals surface area contributed by atoms with Crippen LogP contribution in [0.3, 0.4) is 0 Å². The number of para-hydroxylation sites is 2. The fraction of sp³-hybridized carbons (Fsp3) is 0.500. The van der Waals surface area contributed by atoms with Crippen molar-refractivity contribution in [1.29, 1.82) is 0 Å². The lowest BCUT2D eigenvalue weighted by molar-refractivity contribution is -0.133. The number of aliphatic hydroxyl groups excluding tert-OH is 1. The Balaban J connectivity index is 1.94. The van der Waals surface area contributed by atoms with Gasteiger partial charge in [0.1, 0.15) is 12.7 Å². The van der Waals surface area contributed by atoms with Crippen LogP contribution in [0.4, 0.5) is 4.39 Å². The number of alkyl halides is 1. The summed E-state index contributed by atoms with van der Waals surface area (Å²) in [4.78, 5) is 26.4. The third-order valence-corrected chi connectivity index (χ3v) is 4.43. The smallest absolute Gasteiger partial charge is 0.329 e. The summed E-state index contributed by atoms with van der Waals surface area (Å²) in [7, 11) is 0. The fourth-order valence-electron chi connectivity index (χ4n) is 3.29. The highest BCUT2D eigenvalue weighted by molar-refractivity contribution is 5.81. The quantitative estimate of drug-likeness (QED) is 0.904. The van der Waals surface area contributed by atoms with E-state index < -0.39 is 12.2 Å². The number of hydrogen-bond donors (Lipinski definition) is 1. The van der Waals surface area contributed by atoms with E-state index in [2.05, 4.69) is 0 Å². The predicted octanol–water partition coefficient (Wildman–Crippen LogP) is 0.754. The first-order chi connectivity index (χ1) is 11.1. The molecule has 1 N–H and O–H groups in total. The molecule has 2 aromatic rings. The molecule has 0 unspecified atom stereocenters. The third-order valence-electron chi connectivity index (χ3n) is 4.43. The van der Waals surface area contributed by atoms with Crippen LogP contribution >= 0.6 is 0 Å². The summed E-state index contributed by atoms with van der Waals surface area (Å²) in [5.41, 5.74) is 1.21. The van der Waals surface area contributed by atoms with Crippen molar-refractivity contribution < 1.29 is 14.3 Å². The van der Waals surface area contributed by atoms with E-state index >= 15 is 0 Å².